The normalized spacial score (nSPS) is 18.0. The van der Waals surface area contributed by atoms with Crippen LogP contribution >= 0.6 is 0 Å². The van der Waals surface area contributed by atoms with E-state index in [4.69, 9.17) is 9.15 Å². The molecule has 1 atom stereocenters. The van der Waals surface area contributed by atoms with Crippen LogP contribution < -0.4 is 10.1 Å². The number of likely N-dealkylation sites (N-methyl/N-ethyl adjacent to an activating group) is 1. The third kappa shape index (κ3) is 3.55. The number of nitrogens with zero attached hydrogens (tertiary/aromatic N) is 3. The smallest absolute Gasteiger partial charge is 0.297 e. The van der Waals surface area contributed by atoms with Gasteiger partial charge in [0.2, 0.25) is 5.65 Å². The monoisotopic (exact) mass is 368 g/mol. The number of hydrogen-bond acceptors (Lipinski definition) is 7. The molecule has 7 nitrogen and oxygen atoms in total. The Kier molecular flexibility index (Phi) is 4.61. The minimum Gasteiger partial charge on any atom is -0.507 e. The number of phenolic OH excluding ortho intramolecular Hbond substituents is 1. The summed E-state index contributed by atoms with van der Waals surface area (Å²) in [5.74, 6) is 0.742. The van der Waals surface area contributed by atoms with Crippen molar-refractivity contribution >= 4 is 17.2 Å². The number of aryl methyl sites for hydroxylation is 1. The van der Waals surface area contributed by atoms with Gasteiger partial charge >= 0.3 is 0 Å². The third-order valence-electron chi connectivity index (χ3n) is 4.99. The van der Waals surface area contributed by atoms with Crippen LogP contribution in [0.15, 0.2) is 28.7 Å². The number of fused-ring (bicyclic) bond motifs is 1. The molecule has 3 aromatic rings. The summed E-state index contributed by atoms with van der Waals surface area (Å²) in [6.45, 7) is 4.01. The lowest BCUT2D eigenvalue weighted by Gasteiger charge is -2.29. The SMILES string of the molecule is COc1cc(C)c(-c2ccc3oc(N[C@@H]4CCCN(C)C4)nc3n2)c(O)c1. The number of nitrogens with one attached hydrogen (secondary N) is 1. The van der Waals surface area contributed by atoms with Crippen molar-refractivity contribution in [3.8, 4) is 22.8 Å². The van der Waals surface area contributed by atoms with Crippen LogP contribution in [0.3, 0.4) is 0 Å². The Morgan fingerprint density at radius 2 is 2.15 bits per heavy atom. The summed E-state index contributed by atoms with van der Waals surface area (Å²) in [6.07, 6.45) is 2.26. The first-order valence-corrected chi connectivity index (χ1v) is 9.14. The second-order valence-electron chi connectivity index (χ2n) is 7.12. The number of aromatic hydroxyl groups is 1. The molecule has 2 aromatic heterocycles. The van der Waals surface area contributed by atoms with Crippen molar-refractivity contribution in [2.45, 2.75) is 25.8 Å². The highest BCUT2D eigenvalue weighted by Crippen LogP contribution is 2.35. The summed E-state index contributed by atoms with van der Waals surface area (Å²) in [5.41, 5.74) is 3.34. The Morgan fingerprint density at radius 1 is 1.30 bits per heavy atom. The Bertz CT molecular complexity index is 946. The number of benzene rings is 1. The fourth-order valence-electron chi connectivity index (χ4n) is 3.67. The van der Waals surface area contributed by atoms with Crippen LogP contribution in [0.2, 0.25) is 0 Å². The van der Waals surface area contributed by atoms with E-state index in [1.807, 2.05) is 25.1 Å². The highest BCUT2D eigenvalue weighted by atomic mass is 16.5. The van der Waals surface area contributed by atoms with Crippen LogP contribution in [0, 0.1) is 6.92 Å². The summed E-state index contributed by atoms with van der Waals surface area (Å²) in [5, 5.41) is 13.8. The molecule has 0 bridgehead atoms. The van der Waals surface area contributed by atoms with Crippen molar-refractivity contribution < 1.29 is 14.3 Å². The number of pyridine rings is 1. The van der Waals surface area contributed by atoms with E-state index in [0.29, 0.717) is 40.3 Å². The fraction of sp³-hybridized carbons (Fsp3) is 0.400. The molecule has 0 saturated carbocycles. The quantitative estimate of drug-likeness (QED) is 0.730. The van der Waals surface area contributed by atoms with Crippen LogP contribution in [0.1, 0.15) is 18.4 Å². The summed E-state index contributed by atoms with van der Waals surface area (Å²) in [4.78, 5) is 11.4. The molecule has 1 saturated heterocycles. The van der Waals surface area contributed by atoms with E-state index < -0.39 is 0 Å². The number of ether oxygens (including phenoxy) is 1. The first-order chi connectivity index (χ1) is 13.0. The lowest BCUT2D eigenvalue weighted by molar-refractivity contribution is 0.259. The molecule has 3 heterocycles. The van der Waals surface area contributed by atoms with Gasteiger partial charge in [-0.25, -0.2) is 4.98 Å². The van der Waals surface area contributed by atoms with Gasteiger partial charge in [0.05, 0.1) is 12.8 Å². The van der Waals surface area contributed by atoms with E-state index >= 15 is 0 Å². The van der Waals surface area contributed by atoms with Crippen molar-refractivity contribution in [1.82, 2.24) is 14.9 Å². The molecule has 2 N–H and O–H groups in total. The standard InChI is InChI=1S/C20H24N4O3/c1-12-9-14(26-3)10-16(25)18(12)15-6-7-17-19(22-15)23-20(27-17)21-13-5-4-8-24(2)11-13/h6-7,9-10,13,25H,4-5,8,11H2,1-3H3,(H,21,22,23)/t13-/m1/s1. The highest BCUT2D eigenvalue weighted by Gasteiger charge is 2.20. The average molecular weight is 368 g/mol. The zero-order valence-electron chi connectivity index (χ0n) is 15.8. The molecule has 1 aliphatic rings. The minimum absolute atomic E-state index is 0.130. The van der Waals surface area contributed by atoms with Crippen molar-refractivity contribution in [2.24, 2.45) is 0 Å². The van der Waals surface area contributed by atoms with Crippen molar-refractivity contribution in [1.29, 1.82) is 0 Å². The Labute approximate surface area is 158 Å². The largest absolute Gasteiger partial charge is 0.507 e. The van der Waals surface area contributed by atoms with E-state index in [1.54, 1.807) is 13.2 Å². The number of aromatic nitrogens is 2. The molecule has 7 heteroatoms. The number of methoxy groups -OCH3 is 1. The number of anilines is 1. The number of piperidine rings is 1. The first kappa shape index (κ1) is 17.6. The summed E-state index contributed by atoms with van der Waals surface area (Å²) in [6, 6.07) is 7.95. The van der Waals surface area contributed by atoms with Crippen molar-refractivity contribution in [3.05, 3.63) is 29.8 Å². The summed E-state index contributed by atoms with van der Waals surface area (Å²) >= 11 is 0. The topological polar surface area (TPSA) is 83.7 Å². The van der Waals surface area contributed by atoms with Gasteiger partial charge in [-0.15, -0.1) is 0 Å². The lowest BCUT2D eigenvalue weighted by Crippen LogP contribution is -2.39. The van der Waals surface area contributed by atoms with Gasteiger partial charge in [-0.3, -0.25) is 0 Å². The van der Waals surface area contributed by atoms with Gasteiger partial charge in [0.25, 0.3) is 6.01 Å². The molecule has 27 heavy (non-hydrogen) atoms. The predicted molar refractivity (Wildman–Crippen MR) is 104 cm³/mol. The fourth-order valence-corrected chi connectivity index (χ4v) is 3.67. The van der Waals surface area contributed by atoms with Crippen LogP contribution in [-0.4, -0.2) is 53.3 Å². The summed E-state index contributed by atoms with van der Waals surface area (Å²) < 4.78 is 11.0. The van der Waals surface area contributed by atoms with Crippen LogP contribution in [0.5, 0.6) is 11.5 Å². The zero-order valence-corrected chi connectivity index (χ0v) is 15.8. The Morgan fingerprint density at radius 3 is 2.89 bits per heavy atom. The number of hydrogen-bond donors (Lipinski definition) is 2. The molecular formula is C20H24N4O3. The van der Waals surface area contributed by atoms with E-state index in [1.165, 1.54) is 0 Å². The van der Waals surface area contributed by atoms with Gasteiger partial charge in [0, 0.05) is 24.2 Å². The van der Waals surface area contributed by atoms with Gasteiger partial charge in [-0.1, -0.05) is 0 Å². The molecule has 1 fully saturated rings. The predicted octanol–water partition coefficient (Wildman–Crippen LogP) is 3.42. The molecule has 0 radical (unpaired) electrons. The van der Waals surface area contributed by atoms with Gasteiger partial charge in [0.1, 0.15) is 11.5 Å². The molecule has 142 valence electrons. The van der Waals surface area contributed by atoms with E-state index in [2.05, 4.69) is 27.2 Å². The molecule has 4 rings (SSSR count). The highest BCUT2D eigenvalue weighted by molar-refractivity contribution is 5.78. The first-order valence-electron chi connectivity index (χ1n) is 9.14. The third-order valence-corrected chi connectivity index (χ3v) is 4.99. The van der Waals surface area contributed by atoms with Crippen molar-refractivity contribution in [2.75, 3.05) is 32.6 Å². The maximum Gasteiger partial charge on any atom is 0.297 e. The van der Waals surface area contributed by atoms with E-state index in [0.717, 1.165) is 31.5 Å². The Hall–Kier alpha value is -2.80. The number of oxazole rings is 1. The molecule has 0 aliphatic carbocycles. The van der Waals surface area contributed by atoms with Crippen molar-refractivity contribution in [3.63, 3.8) is 0 Å². The molecule has 1 aromatic carbocycles. The van der Waals surface area contributed by atoms with E-state index in [9.17, 15) is 5.11 Å². The van der Waals surface area contributed by atoms with Crippen LogP contribution in [0.4, 0.5) is 6.01 Å². The van der Waals surface area contributed by atoms with Gasteiger partial charge in [-0.2, -0.15) is 4.98 Å². The second kappa shape index (κ2) is 7.08. The minimum atomic E-state index is 0.130. The van der Waals surface area contributed by atoms with Gasteiger partial charge in [0.15, 0.2) is 5.58 Å². The van der Waals surface area contributed by atoms with Crippen LogP contribution in [-0.2, 0) is 0 Å². The second-order valence-corrected chi connectivity index (χ2v) is 7.12. The maximum atomic E-state index is 10.4. The maximum absolute atomic E-state index is 10.4. The summed E-state index contributed by atoms with van der Waals surface area (Å²) in [7, 11) is 3.70. The lowest BCUT2D eigenvalue weighted by atomic mass is 10.0. The van der Waals surface area contributed by atoms with Gasteiger partial charge < -0.3 is 24.5 Å². The average Bonchev–Trinajstić information content (AvgIpc) is 3.02. The van der Waals surface area contributed by atoms with E-state index in [-0.39, 0.29) is 5.75 Å². The number of likely N-dealkylation sites (tertiary alicyclic amines) is 1. The molecule has 0 spiro atoms. The Balaban J connectivity index is 1.63. The molecular weight excluding hydrogens is 344 g/mol. The number of phenols is 1. The zero-order chi connectivity index (χ0) is 19.0. The van der Waals surface area contributed by atoms with Crippen LogP contribution in [0.25, 0.3) is 22.5 Å². The molecule has 0 amide bonds. The molecule has 0 unspecified atom stereocenters. The molecule has 1 aliphatic heterocycles. The number of rotatable bonds is 4. The van der Waals surface area contributed by atoms with Gasteiger partial charge in [-0.05, 0) is 57.1 Å².